The van der Waals surface area contributed by atoms with Gasteiger partial charge in [0.05, 0.1) is 23.4 Å². The summed E-state index contributed by atoms with van der Waals surface area (Å²) in [6.07, 6.45) is -4.15. The fourth-order valence-corrected chi connectivity index (χ4v) is 2.14. The number of hydrogen-bond acceptors (Lipinski definition) is 3. The van der Waals surface area contributed by atoms with Crippen LogP contribution in [0.5, 0.6) is 0 Å². The van der Waals surface area contributed by atoms with Crippen molar-refractivity contribution >= 4 is 11.6 Å². The molecule has 0 spiro atoms. The Morgan fingerprint density at radius 3 is 2.70 bits per heavy atom. The molecular weight excluding hydrogens is 273 g/mol. The summed E-state index contributed by atoms with van der Waals surface area (Å²) in [6, 6.07) is 4.37. The van der Waals surface area contributed by atoms with Gasteiger partial charge in [0.15, 0.2) is 0 Å². The molecular formula is C13H15F3N2O2. The Bertz CT molecular complexity index is 491. The van der Waals surface area contributed by atoms with Crippen molar-refractivity contribution in [1.29, 1.82) is 0 Å². The quantitative estimate of drug-likeness (QED) is 0.894. The van der Waals surface area contributed by atoms with Crippen LogP contribution in [0.3, 0.4) is 0 Å². The molecule has 2 rings (SSSR count). The van der Waals surface area contributed by atoms with E-state index < -0.39 is 23.7 Å². The third-order valence-electron chi connectivity index (χ3n) is 3.23. The molecule has 0 bridgehead atoms. The lowest BCUT2D eigenvalue weighted by molar-refractivity contribution is -0.137. The number of para-hydroxylation sites is 1. The van der Waals surface area contributed by atoms with Crippen LogP contribution in [-0.4, -0.2) is 31.7 Å². The van der Waals surface area contributed by atoms with Crippen molar-refractivity contribution in [2.24, 2.45) is 0 Å². The molecule has 1 saturated heterocycles. The van der Waals surface area contributed by atoms with Gasteiger partial charge in [-0.3, -0.25) is 4.79 Å². The first-order valence-electron chi connectivity index (χ1n) is 6.15. The van der Waals surface area contributed by atoms with Crippen molar-refractivity contribution in [2.45, 2.75) is 24.7 Å². The molecule has 1 aromatic carbocycles. The third kappa shape index (κ3) is 3.29. The second-order valence-electron chi connectivity index (χ2n) is 4.59. The van der Waals surface area contributed by atoms with Gasteiger partial charge in [-0.05, 0) is 18.6 Å². The number of methoxy groups -OCH3 is 1. The lowest BCUT2D eigenvalue weighted by Crippen LogP contribution is -2.36. The van der Waals surface area contributed by atoms with Crippen molar-refractivity contribution in [2.75, 3.05) is 19.0 Å². The van der Waals surface area contributed by atoms with Crippen LogP contribution >= 0.6 is 0 Å². The lowest BCUT2D eigenvalue weighted by Gasteiger charge is -2.16. The number of amides is 1. The third-order valence-corrected chi connectivity index (χ3v) is 3.23. The van der Waals surface area contributed by atoms with Crippen LogP contribution in [0.4, 0.5) is 18.9 Å². The second-order valence-corrected chi connectivity index (χ2v) is 4.59. The average Bonchev–Trinajstić information content (AvgIpc) is 2.87. The van der Waals surface area contributed by atoms with E-state index >= 15 is 0 Å². The first-order valence-corrected chi connectivity index (χ1v) is 6.15. The molecule has 2 N–H and O–H groups in total. The molecule has 1 aliphatic rings. The molecule has 2 unspecified atom stereocenters. The van der Waals surface area contributed by atoms with Gasteiger partial charge in [-0.1, -0.05) is 12.1 Å². The number of halogens is 3. The van der Waals surface area contributed by atoms with E-state index in [0.29, 0.717) is 13.0 Å². The zero-order valence-electron chi connectivity index (χ0n) is 10.8. The molecule has 0 saturated carbocycles. The molecule has 2 atom stereocenters. The Balaban J connectivity index is 2.09. The van der Waals surface area contributed by atoms with Crippen LogP contribution in [-0.2, 0) is 15.7 Å². The Hall–Kier alpha value is -1.60. The first-order chi connectivity index (χ1) is 9.41. The number of rotatable bonds is 3. The van der Waals surface area contributed by atoms with E-state index in [1.54, 1.807) is 0 Å². The van der Waals surface area contributed by atoms with E-state index in [1.807, 2.05) is 0 Å². The number of nitrogens with one attached hydrogen (secondary N) is 2. The molecule has 1 fully saturated rings. The number of hydrogen-bond donors (Lipinski definition) is 2. The molecule has 0 aliphatic carbocycles. The maximum atomic E-state index is 12.8. The standard InChI is InChI=1S/C13H15F3N2O2/c1-20-8-6-11(17-7-8)12(19)18-10-5-3-2-4-9(10)13(14,15)16/h2-5,8,11,17H,6-7H2,1H3,(H,18,19). The Labute approximate surface area is 114 Å². The molecule has 4 nitrogen and oxygen atoms in total. The number of benzene rings is 1. The lowest BCUT2D eigenvalue weighted by atomic mass is 10.1. The van der Waals surface area contributed by atoms with E-state index in [9.17, 15) is 18.0 Å². The van der Waals surface area contributed by atoms with E-state index in [4.69, 9.17) is 4.74 Å². The molecule has 1 aromatic rings. The number of carbonyl (C=O) groups excluding carboxylic acids is 1. The monoisotopic (exact) mass is 288 g/mol. The fraction of sp³-hybridized carbons (Fsp3) is 0.462. The zero-order valence-corrected chi connectivity index (χ0v) is 10.8. The van der Waals surface area contributed by atoms with Crippen LogP contribution in [0.15, 0.2) is 24.3 Å². The topological polar surface area (TPSA) is 50.4 Å². The van der Waals surface area contributed by atoms with Crippen LogP contribution in [0, 0.1) is 0 Å². The summed E-state index contributed by atoms with van der Waals surface area (Å²) in [4.78, 5) is 12.0. The van der Waals surface area contributed by atoms with E-state index in [2.05, 4.69) is 10.6 Å². The van der Waals surface area contributed by atoms with Crippen molar-refractivity contribution in [3.8, 4) is 0 Å². The summed E-state index contributed by atoms with van der Waals surface area (Å²) < 4.78 is 43.5. The number of alkyl halides is 3. The van der Waals surface area contributed by atoms with Crippen LogP contribution in [0.2, 0.25) is 0 Å². The summed E-state index contributed by atoms with van der Waals surface area (Å²) >= 11 is 0. The normalized spacial score (nSPS) is 22.8. The zero-order chi connectivity index (χ0) is 14.8. The largest absolute Gasteiger partial charge is 0.418 e. The molecule has 20 heavy (non-hydrogen) atoms. The average molecular weight is 288 g/mol. The number of carbonyl (C=O) groups is 1. The fourth-order valence-electron chi connectivity index (χ4n) is 2.14. The highest BCUT2D eigenvalue weighted by Crippen LogP contribution is 2.34. The van der Waals surface area contributed by atoms with Gasteiger partial charge in [0.25, 0.3) is 0 Å². The molecule has 7 heteroatoms. The molecule has 0 radical (unpaired) electrons. The van der Waals surface area contributed by atoms with Crippen molar-refractivity contribution in [1.82, 2.24) is 5.32 Å². The van der Waals surface area contributed by atoms with Crippen molar-refractivity contribution in [3.05, 3.63) is 29.8 Å². The van der Waals surface area contributed by atoms with Gasteiger partial charge in [0, 0.05) is 13.7 Å². The summed E-state index contributed by atoms with van der Waals surface area (Å²) in [5.41, 5.74) is -1.08. The Kier molecular flexibility index (Phi) is 4.29. The summed E-state index contributed by atoms with van der Waals surface area (Å²) in [6.45, 7) is 0.509. The maximum Gasteiger partial charge on any atom is 0.418 e. The number of ether oxygens (including phenoxy) is 1. The van der Waals surface area contributed by atoms with Crippen LogP contribution < -0.4 is 10.6 Å². The smallest absolute Gasteiger partial charge is 0.380 e. The Morgan fingerprint density at radius 2 is 2.10 bits per heavy atom. The molecule has 1 heterocycles. The van der Waals surface area contributed by atoms with E-state index in [0.717, 1.165) is 6.07 Å². The van der Waals surface area contributed by atoms with Crippen LogP contribution in [0.1, 0.15) is 12.0 Å². The predicted molar refractivity (Wildman–Crippen MR) is 67.3 cm³/mol. The minimum atomic E-state index is -4.50. The van der Waals surface area contributed by atoms with Gasteiger partial charge in [0.2, 0.25) is 5.91 Å². The molecule has 0 aromatic heterocycles. The maximum absolute atomic E-state index is 12.8. The van der Waals surface area contributed by atoms with Gasteiger partial charge in [0.1, 0.15) is 0 Å². The number of anilines is 1. The van der Waals surface area contributed by atoms with Gasteiger partial charge >= 0.3 is 6.18 Å². The van der Waals surface area contributed by atoms with Gasteiger partial charge in [-0.2, -0.15) is 13.2 Å². The van der Waals surface area contributed by atoms with Gasteiger partial charge in [-0.25, -0.2) is 0 Å². The van der Waals surface area contributed by atoms with E-state index in [-0.39, 0.29) is 11.8 Å². The molecule has 1 amide bonds. The summed E-state index contributed by atoms with van der Waals surface area (Å²) in [5.74, 6) is -0.485. The summed E-state index contributed by atoms with van der Waals surface area (Å²) in [7, 11) is 1.53. The minimum Gasteiger partial charge on any atom is -0.380 e. The second kappa shape index (κ2) is 5.80. The SMILES string of the molecule is COC1CNC(C(=O)Nc2ccccc2C(F)(F)F)C1. The highest BCUT2D eigenvalue weighted by Gasteiger charge is 2.35. The van der Waals surface area contributed by atoms with E-state index in [1.165, 1.54) is 25.3 Å². The van der Waals surface area contributed by atoms with Crippen molar-refractivity contribution < 1.29 is 22.7 Å². The molecule has 1 aliphatic heterocycles. The first kappa shape index (κ1) is 14.8. The van der Waals surface area contributed by atoms with Crippen LogP contribution in [0.25, 0.3) is 0 Å². The predicted octanol–water partition coefficient (Wildman–Crippen LogP) is 2.02. The molecule has 110 valence electrons. The summed E-state index contributed by atoms with van der Waals surface area (Å²) in [5, 5.41) is 5.24. The highest BCUT2D eigenvalue weighted by molar-refractivity contribution is 5.95. The minimum absolute atomic E-state index is 0.0939. The highest BCUT2D eigenvalue weighted by atomic mass is 19.4. The van der Waals surface area contributed by atoms with Gasteiger partial charge < -0.3 is 15.4 Å². The Morgan fingerprint density at radius 1 is 1.40 bits per heavy atom. The van der Waals surface area contributed by atoms with Crippen molar-refractivity contribution in [3.63, 3.8) is 0 Å². The van der Waals surface area contributed by atoms with Gasteiger partial charge in [-0.15, -0.1) is 0 Å².